The number of hydrogen-bond donors (Lipinski definition) is 1. The number of nitrogens with one attached hydrogen (secondary N) is 1. The Morgan fingerprint density at radius 2 is 2.50 bits per heavy atom. The van der Waals surface area contributed by atoms with Gasteiger partial charge in [0, 0.05) is 6.20 Å². The summed E-state index contributed by atoms with van der Waals surface area (Å²) in [6.45, 7) is 2.08. The van der Waals surface area contributed by atoms with Crippen molar-refractivity contribution in [1.82, 2.24) is 5.32 Å². The lowest BCUT2D eigenvalue weighted by Gasteiger charge is -2.01. The molecule has 0 amide bonds. The smallest absolute Gasteiger partial charge is 0.136 e. The van der Waals surface area contributed by atoms with Crippen molar-refractivity contribution in [2.75, 3.05) is 0 Å². The molecular weight excluding hydrogens is 233 g/mol. The van der Waals surface area contributed by atoms with E-state index in [2.05, 4.69) is 16.3 Å². The second-order valence-corrected chi connectivity index (χ2v) is 4.99. The van der Waals surface area contributed by atoms with Crippen LogP contribution in [0.1, 0.15) is 6.92 Å². The molecule has 0 aromatic rings. The Morgan fingerprint density at radius 3 is 2.88 bits per heavy atom. The zero-order valence-electron chi connectivity index (χ0n) is 4.44. The van der Waals surface area contributed by atoms with Crippen molar-refractivity contribution in [1.29, 1.82) is 0 Å². The Kier molecular flexibility index (Phi) is 2.13. The van der Waals surface area contributed by atoms with Crippen LogP contribution >= 0.6 is 32.9 Å². The summed E-state index contributed by atoms with van der Waals surface area (Å²) in [6.07, 6.45) is 1.95. The normalized spacial score (nSPS) is 18.6. The highest BCUT2D eigenvalue weighted by Gasteiger charge is 1.92. The van der Waals surface area contributed by atoms with Gasteiger partial charge < -0.3 is 5.32 Å². The molecule has 8 heavy (non-hydrogen) atoms. The van der Waals surface area contributed by atoms with Crippen molar-refractivity contribution in [2.24, 2.45) is 0 Å². The van der Waals surface area contributed by atoms with Gasteiger partial charge in [-0.05, 0) is 16.5 Å². The Balaban J connectivity index is 2.71. The molecule has 1 aliphatic rings. The SMILES string of the molecule is CC1=CNC(=S)I=C1. The van der Waals surface area contributed by atoms with Crippen LogP contribution in [0.4, 0.5) is 0 Å². The van der Waals surface area contributed by atoms with Crippen molar-refractivity contribution >= 4 is 40.0 Å². The molecule has 1 N–H and O–H groups in total. The predicted molar refractivity (Wildman–Crippen MR) is 49.6 cm³/mol. The van der Waals surface area contributed by atoms with Gasteiger partial charge in [0.05, 0.1) is 0 Å². The monoisotopic (exact) mass is 239 g/mol. The minimum Gasteiger partial charge on any atom is -0.348 e. The van der Waals surface area contributed by atoms with Gasteiger partial charge in [-0.25, -0.2) is 0 Å². The Bertz CT molecular complexity index is 169. The van der Waals surface area contributed by atoms with E-state index in [4.69, 9.17) is 12.2 Å². The standard InChI is InChI=1S/C5H6INS/c1-4-2-6-5(8)7-3-4/h2-3H,1H3,(H,7,8). The third-order valence-corrected chi connectivity index (χ3v) is 3.63. The molecule has 0 radical (unpaired) electrons. The maximum Gasteiger partial charge on any atom is 0.136 e. The highest BCUT2D eigenvalue weighted by molar-refractivity contribution is 14.2. The van der Waals surface area contributed by atoms with Crippen molar-refractivity contribution in [3.05, 3.63) is 11.8 Å². The molecule has 0 saturated heterocycles. The van der Waals surface area contributed by atoms with E-state index in [1.807, 2.05) is 6.20 Å². The molecule has 0 aliphatic carbocycles. The number of thiocarbonyl (C=S) groups is 1. The summed E-state index contributed by atoms with van der Waals surface area (Å²) in [7, 11) is 0. The first-order valence-corrected chi connectivity index (χ1v) is 4.96. The average molecular weight is 239 g/mol. The molecule has 44 valence electrons. The second kappa shape index (κ2) is 2.68. The van der Waals surface area contributed by atoms with Crippen LogP contribution in [-0.2, 0) is 0 Å². The molecule has 1 rings (SSSR count). The van der Waals surface area contributed by atoms with Gasteiger partial charge in [0.15, 0.2) is 0 Å². The van der Waals surface area contributed by atoms with Gasteiger partial charge in [0.25, 0.3) is 0 Å². The number of hydrogen-bond acceptors (Lipinski definition) is 1. The van der Waals surface area contributed by atoms with Crippen molar-refractivity contribution < 1.29 is 0 Å². The third kappa shape index (κ3) is 1.63. The van der Waals surface area contributed by atoms with Crippen molar-refractivity contribution in [3.63, 3.8) is 0 Å². The lowest BCUT2D eigenvalue weighted by atomic mass is 10.4. The molecule has 0 bridgehead atoms. The highest BCUT2D eigenvalue weighted by atomic mass is 127. The van der Waals surface area contributed by atoms with E-state index in [1.165, 1.54) is 5.57 Å². The van der Waals surface area contributed by atoms with Gasteiger partial charge >= 0.3 is 0 Å². The number of halogens is 1. The quantitative estimate of drug-likeness (QED) is 0.298. The molecule has 1 heterocycles. The topological polar surface area (TPSA) is 12.0 Å². The second-order valence-electron chi connectivity index (χ2n) is 1.52. The summed E-state index contributed by atoms with van der Waals surface area (Å²) >= 11 is 4.96. The van der Waals surface area contributed by atoms with E-state index in [1.54, 1.807) is 0 Å². The largest absolute Gasteiger partial charge is 0.348 e. The highest BCUT2D eigenvalue weighted by Crippen LogP contribution is 2.05. The summed E-state index contributed by atoms with van der Waals surface area (Å²) in [5.74, 6) is 0. The van der Waals surface area contributed by atoms with E-state index in [9.17, 15) is 0 Å². The van der Waals surface area contributed by atoms with Gasteiger partial charge in [0.1, 0.15) is 3.00 Å². The molecule has 0 saturated carbocycles. The molecule has 0 aromatic heterocycles. The molecule has 0 atom stereocenters. The summed E-state index contributed by atoms with van der Waals surface area (Å²) in [6, 6.07) is 0. The number of rotatable bonds is 0. The zero-order chi connectivity index (χ0) is 5.98. The van der Waals surface area contributed by atoms with Crippen LogP contribution in [0.25, 0.3) is 0 Å². The van der Waals surface area contributed by atoms with Crippen LogP contribution in [0.2, 0.25) is 0 Å². The summed E-state index contributed by atoms with van der Waals surface area (Å²) in [5, 5.41) is 3.02. The molecule has 0 fully saturated rings. The van der Waals surface area contributed by atoms with Crippen LogP contribution in [-0.4, -0.2) is 7.01 Å². The first-order valence-electron chi connectivity index (χ1n) is 2.23. The summed E-state index contributed by atoms with van der Waals surface area (Å²) in [4.78, 5) is 0. The maximum atomic E-state index is 4.92. The Hall–Kier alpha value is 0.230. The predicted octanol–water partition coefficient (Wildman–Crippen LogP) is 1.55. The van der Waals surface area contributed by atoms with Crippen molar-refractivity contribution in [3.8, 4) is 0 Å². The lowest BCUT2D eigenvalue weighted by molar-refractivity contribution is 1.31. The van der Waals surface area contributed by atoms with E-state index in [0.717, 1.165) is 3.00 Å². The van der Waals surface area contributed by atoms with Crippen LogP contribution in [0.3, 0.4) is 0 Å². The summed E-state index contributed by atoms with van der Waals surface area (Å²) in [5.41, 5.74) is 1.31. The minimum absolute atomic E-state index is 0.0388. The van der Waals surface area contributed by atoms with Gasteiger partial charge in [-0.1, -0.05) is 32.9 Å². The Morgan fingerprint density at radius 1 is 1.75 bits per heavy atom. The molecular formula is C5H6INS. The third-order valence-electron chi connectivity index (χ3n) is 0.739. The molecule has 0 unspecified atom stereocenters. The fourth-order valence-corrected chi connectivity index (χ4v) is 2.02. The minimum atomic E-state index is 0.0388. The first kappa shape index (κ1) is 6.35. The zero-order valence-corrected chi connectivity index (χ0v) is 7.41. The van der Waals surface area contributed by atoms with E-state index in [-0.39, 0.29) is 20.7 Å². The van der Waals surface area contributed by atoms with Gasteiger partial charge in [0.2, 0.25) is 0 Å². The Labute approximate surface area is 63.9 Å². The van der Waals surface area contributed by atoms with E-state index >= 15 is 0 Å². The fraction of sp³-hybridized carbons (Fsp3) is 0.200. The van der Waals surface area contributed by atoms with Crippen LogP contribution in [0.15, 0.2) is 11.8 Å². The van der Waals surface area contributed by atoms with E-state index < -0.39 is 0 Å². The van der Waals surface area contributed by atoms with E-state index in [0.29, 0.717) is 0 Å². The average Bonchev–Trinajstić information content (AvgIpc) is 1.77. The fourth-order valence-electron chi connectivity index (χ4n) is 0.369. The molecule has 1 aliphatic heterocycles. The van der Waals surface area contributed by atoms with Gasteiger partial charge in [-0.3, -0.25) is 0 Å². The maximum absolute atomic E-state index is 4.92. The van der Waals surface area contributed by atoms with Gasteiger partial charge in [-0.2, -0.15) is 0 Å². The number of allylic oxidation sites excluding steroid dienone is 1. The van der Waals surface area contributed by atoms with Crippen LogP contribution in [0, 0.1) is 0 Å². The molecule has 0 aromatic carbocycles. The van der Waals surface area contributed by atoms with Crippen LogP contribution in [0.5, 0.6) is 0 Å². The first-order chi connectivity index (χ1) is 3.79. The molecule has 1 nitrogen and oxygen atoms in total. The van der Waals surface area contributed by atoms with Gasteiger partial charge in [-0.15, -0.1) is 0 Å². The van der Waals surface area contributed by atoms with Crippen LogP contribution < -0.4 is 5.32 Å². The lowest BCUT2D eigenvalue weighted by Crippen LogP contribution is -2.11. The summed E-state index contributed by atoms with van der Waals surface area (Å²) < 4.78 is 3.24. The molecule has 0 spiro atoms. The molecule has 3 heteroatoms. The van der Waals surface area contributed by atoms with Crippen molar-refractivity contribution in [2.45, 2.75) is 6.92 Å².